The van der Waals surface area contributed by atoms with E-state index in [1.54, 1.807) is 11.3 Å². The van der Waals surface area contributed by atoms with Crippen LogP contribution >= 0.6 is 11.3 Å². The molecule has 3 rings (SSSR count). The summed E-state index contributed by atoms with van der Waals surface area (Å²) in [4.78, 5) is 19.1. The molecule has 1 heterocycles. The predicted octanol–water partition coefficient (Wildman–Crippen LogP) is 5.27. The van der Waals surface area contributed by atoms with Gasteiger partial charge in [-0.25, -0.2) is 9.78 Å². The van der Waals surface area contributed by atoms with Gasteiger partial charge in [-0.2, -0.15) is 0 Å². The Morgan fingerprint density at radius 1 is 1.10 bits per heavy atom. The second-order valence-corrected chi connectivity index (χ2v) is 8.21. The molecular weight excluding hydrogens is 380 g/mol. The lowest BCUT2D eigenvalue weighted by Gasteiger charge is -2.23. The van der Waals surface area contributed by atoms with Gasteiger partial charge in [-0.3, -0.25) is 0 Å². The molecule has 0 saturated carbocycles. The molecule has 152 valence electrons. The molecule has 0 fully saturated rings. The molecule has 2 N–H and O–H groups in total. The van der Waals surface area contributed by atoms with E-state index < -0.39 is 0 Å². The Bertz CT molecular complexity index is 923. The zero-order valence-corrected chi connectivity index (χ0v) is 18.0. The van der Waals surface area contributed by atoms with Crippen LogP contribution in [0.5, 0.6) is 0 Å². The minimum atomic E-state index is -0.204. The molecule has 0 aliphatic carbocycles. The van der Waals surface area contributed by atoms with Crippen molar-refractivity contribution in [2.45, 2.75) is 32.7 Å². The van der Waals surface area contributed by atoms with Gasteiger partial charge in [0, 0.05) is 37.9 Å². The molecule has 0 atom stereocenters. The van der Waals surface area contributed by atoms with E-state index in [4.69, 9.17) is 0 Å². The lowest BCUT2D eigenvalue weighted by molar-refractivity contribution is 0.252. The third kappa shape index (κ3) is 6.06. The van der Waals surface area contributed by atoms with Crippen LogP contribution in [-0.4, -0.2) is 24.6 Å². The van der Waals surface area contributed by atoms with Gasteiger partial charge in [-0.1, -0.05) is 56.3 Å². The van der Waals surface area contributed by atoms with Crippen LogP contribution in [0, 0.1) is 0 Å². The molecule has 0 aliphatic heterocycles. The Kier molecular flexibility index (Phi) is 7.25. The molecule has 0 unspecified atom stereocenters. The SMILES string of the molecule is CC(C)c1nc(CCNC(=O)Nc2ccccc2N(C)Cc2ccccc2)cs1. The molecule has 0 bridgehead atoms. The number of hydrogen-bond donors (Lipinski definition) is 2. The first-order chi connectivity index (χ1) is 14.0. The summed E-state index contributed by atoms with van der Waals surface area (Å²) < 4.78 is 0. The fraction of sp³-hybridized carbons (Fsp3) is 0.304. The van der Waals surface area contributed by atoms with Gasteiger partial charge in [-0.05, 0) is 17.7 Å². The molecule has 0 aliphatic rings. The van der Waals surface area contributed by atoms with Crippen molar-refractivity contribution in [2.24, 2.45) is 0 Å². The third-order valence-electron chi connectivity index (χ3n) is 4.56. The van der Waals surface area contributed by atoms with Crippen LogP contribution in [0.4, 0.5) is 16.2 Å². The molecule has 3 aromatic rings. The predicted molar refractivity (Wildman–Crippen MR) is 122 cm³/mol. The quantitative estimate of drug-likeness (QED) is 0.534. The zero-order valence-electron chi connectivity index (χ0n) is 17.2. The van der Waals surface area contributed by atoms with Gasteiger partial charge >= 0.3 is 6.03 Å². The largest absolute Gasteiger partial charge is 0.369 e. The van der Waals surface area contributed by atoms with Gasteiger partial charge in [0.25, 0.3) is 0 Å². The fourth-order valence-electron chi connectivity index (χ4n) is 3.03. The highest BCUT2D eigenvalue weighted by molar-refractivity contribution is 7.09. The van der Waals surface area contributed by atoms with Gasteiger partial charge in [-0.15, -0.1) is 11.3 Å². The number of anilines is 2. The number of nitrogens with zero attached hydrogens (tertiary/aromatic N) is 2. The maximum absolute atomic E-state index is 12.4. The highest BCUT2D eigenvalue weighted by Gasteiger charge is 2.11. The van der Waals surface area contributed by atoms with Crippen LogP contribution in [0.25, 0.3) is 0 Å². The van der Waals surface area contributed by atoms with Crippen molar-refractivity contribution >= 4 is 28.7 Å². The van der Waals surface area contributed by atoms with E-state index in [-0.39, 0.29) is 6.03 Å². The summed E-state index contributed by atoms with van der Waals surface area (Å²) in [5.74, 6) is 0.439. The van der Waals surface area contributed by atoms with Gasteiger partial charge in [0.15, 0.2) is 0 Å². The summed E-state index contributed by atoms with van der Waals surface area (Å²) >= 11 is 1.68. The van der Waals surface area contributed by atoms with Crippen molar-refractivity contribution in [2.75, 3.05) is 23.8 Å². The lowest BCUT2D eigenvalue weighted by atomic mass is 10.2. The van der Waals surface area contributed by atoms with Crippen molar-refractivity contribution in [1.82, 2.24) is 10.3 Å². The van der Waals surface area contributed by atoms with Crippen LogP contribution in [0.1, 0.15) is 36.0 Å². The number of nitrogens with one attached hydrogen (secondary N) is 2. The van der Waals surface area contributed by atoms with Gasteiger partial charge in [0.1, 0.15) is 0 Å². The van der Waals surface area contributed by atoms with Gasteiger partial charge in [0.2, 0.25) is 0 Å². The first-order valence-electron chi connectivity index (χ1n) is 9.86. The zero-order chi connectivity index (χ0) is 20.6. The molecular formula is C23H28N4OS. The summed E-state index contributed by atoms with van der Waals surface area (Å²) in [6.07, 6.45) is 0.728. The summed E-state index contributed by atoms with van der Waals surface area (Å²) in [5.41, 5.74) is 4.02. The number of carbonyl (C=O) groups excluding carboxylic acids is 1. The molecule has 2 aromatic carbocycles. The van der Waals surface area contributed by atoms with E-state index >= 15 is 0 Å². The second-order valence-electron chi connectivity index (χ2n) is 7.32. The highest BCUT2D eigenvalue weighted by Crippen LogP contribution is 2.26. The van der Waals surface area contributed by atoms with E-state index in [1.165, 1.54) is 5.56 Å². The maximum Gasteiger partial charge on any atom is 0.319 e. The average molecular weight is 409 g/mol. The smallest absolute Gasteiger partial charge is 0.319 e. The number of thiazole rings is 1. The van der Waals surface area contributed by atoms with Crippen molar-refractivity contribution in [3.63, 3.8) is 0 Å². The van der Waals surface area contributed by atoms with E-state index in [0.717, 1.165) is 35.0 Å². The standard InChI is InChI=1S/C23H28N4OS/c1-17(2)22-25-19(16-29-22)13-14-24-23(28)26-20-11-7-8-12-21(20)27(3)15-18-9-5-4-6-10-18/h4-12,16-17H,13-15H2,1-3H3,(H2,24,26,28). The summed E-state index contributed by atoms with van der Waals surface area (Å²) in [5, 5.41) is 9.12. The molecule has 0 saturated heterocycles. The number of amides is 2. The molecule has 5 nitrogen and oxygen atoms in total. The minimum absolute atomic E-state index is 0.204. The molecule has 0 radical (unpaired) electrons. The Balaban J connectivity index is 1.54. The number of hydrogen-bond acceptors (Lipinski definition) is 4. The Morgan fingerprint density at radius 2 is 1.83 bits per heavy atom. The molecule has 6 heteroatoms. The summed E-state index contributed by atoms with van der Waals surface area (Å²) in [6, 6.07) is 17.9. The lowest BCUT2D eigenvalue weighted by Crippen LogP contribution is -2.31. The summed E-state index contributed by atoms with van der Waals surface area (Å²) in [7, 11) is 2.03. The Labute approximate surface area is 176 Å². The number of para-hydroxylation sites is 2. The summed E-state index contributed by atoms with van der Waals surface area (Å²) in [6.45, 7) is 5.60. The normalized spacial score (nSPS) is 10.8. The van der Waals surface area contributed by atoms with Crippen LogP contribution in [0.3, 0.4) is 0 Å². The first kappa shape index (κ1) is 20.9. The topological polar surface area (TPSA) is 57.3 Å². The van der Waals surface area contributed by atoms with Gasteiger partial charge in [0.05, 0.1) is 22.1 Å². The van der Waals surface area contributed by atoms with E-state index in [2.05, 4.69) is 51.9 Å². The van der Waals surface area contributed by atoms with Crippen molar-refractivity contribution < 1.29 is 4.79 Å². The fourth-order valence-corrected chi connectivity index (χ4v) is 3.90. The van der Waals surface area contributed by atoms with Crippen molar-refractivity contribution in [1.29, 1.82) is 0 Å². The van der Waals surface area contributed by atoms with E-state index in [0.29, 0.717) is 12.5 Å². The van der Waals surface area contributed by atoms with Crippen LogP contribution in [-0.2, 0) is 13.0 Å². The van der Waals surface area contributed by atoms with E-state index in [1.807, 2.05) is 49.5 Å². The Morgan fingerprint density at radius 3 is 2.55 bits per heavy atom. The molecule has 2 amide bonds. The number of urea groups is 1. The average Bonchev–Trinajstić information content (AvgIpc) is 3.18. The third-order valence-corrected chi connectivity index (χ3v) is 5.75. The highest BCUT2D eigenvalue weighted by atomic mass is 32.1. The van der Waals surface area contributed by atoms with Crippen molar-refractivity contribution in [3.8, 4) is 0 Å². The van der Waals surface area contributed by atoms with Crippen LogP contribution < -0.4 is 15.5 Å². The number of rotatable bonds is 8. The first-order valence-corrected chi connectivity index (χ1v) is 10.7. The number of benzene rings is 2. The maximum atomic E-state index is 12.4. The number of aromatic nitrogens is 1. The number of carbonyl (C=O) groups is 1. The van der Waals surface area contributed by atoms with E-state index in [9.17, 15) is 4.79 Å². The molecule has 29 heavy (non-hydrogen) atoms. The van der Waals surface area contributed by atoms with Crippen LogP contribution in [0.2, 0.25) is 0 Å². The monoisotopic (exact) mass is 408 g/mol. The second kappa shape index (κ2) is 10.1. The molecule has 0 spiro atoms. The molecule has 1 aromatic heterocycles. The minimum Gasteiger partial charge on any atom is -0.369 e. The van der Waals surface area contributed by atoms with Gasteiger partial charge < -0.3 is 15.5 Å². The Hall–Kier alpha value is -2.86. The van der Waals surface area contributed by atoms with Crippen molar-refractivity contribution in [3.05, 3.63) is 76.2 Å². The van der Waals surface area contributed by atoms with Crippen LogP contribution in [0.15, 0.2) is 60.0 Å².